The quantitative estimate of drug-likeness (QED) is 0.792. The molecule has 0 aromatic heterocycles. The monoisotopic (exact) mass is 239 g/mol. The van der Waals surface area contributed by atoms with Crippen LogP contribution < -0.4 is 5.32 Å². The van der Waals surface area contributed by atoms with Gasteiger partial charge in [0.2, 0.25) is 0 Å². The van der Waals surface area contributed by atoms with Crippen LogP contribution in [0.3, 0.4) is 0 Å². The summed E-state index contributed by atoms with van der Waals surface area (Å²) in [6.07, 6.45) is 12.0. The van der Waals surface area contributed by atoms with Crippen LogP contribution in [-0.4, -0.2) is 23.6 Å². The molecule has 0 spiro atoms. The van der Waals surface area contributed by atoms with Crippen LogP contribution in [0.4, 0.5) is 0 Å². The van der Waals surface area contributed by atoms with Gasteiger partial charge in [0.05, 0.1) is 0 Å². The summed E-state index contributed by atoms with van der Waals surface area (Å²) in [4.78, 5) is 0. The second kappa shape index (κ2) is 5.30. The third-order valence-corrected chi connectivity index (χ3v) is 6.10. The highest BCUT2D eigenvalue weighted by Gasteiger charge is 2.33. The third kappa shape index (κ3) is 2.59. The Morgan fingerprint density at radius 2 is 1.69 bits per heavy atom. The Bertz CT molecular complexity index is 225. The first-order valence-corrected chi connectivity index (χ1v) is 8.41. The van der Waals surface area contributed by atoms with E-state index in [4.69, 9.17) is 0 Å². The molecule has 0 bridgehead atoms. The van der Waals surface area contributed by atoms with E-state index in [0.29, 0.717) is 0 Å². The van der Waals surface area contributed by atoms with Gasteiger partial charge in [-0.25, -0.2) is 0 Å². The fourth-order valence-corrected chi connectivity index (χ4v) is 5.19. The highest BCUT2D eigenvalue weighted by atomic mass is 32.2. The van der Waals surface area contributed by atoms with Gasteiger partial charge in [-0.05, 0) is 43.3 Å². The van der Waals surface area contributed by atoms with Gasteiger partial charge in [0, 0.05) is 17.8 Å². The van der Waals surface area contributed by atoms with Crippen molar-refractivity contribution in [3.8, 4) is 0 Å². The van der Waals surface area contributed by atoms with E-state index < -0.39 is 0 Å². The van der Waals surface area contributed by atoms with Crippen molar-refractivity contribution in [1.29, 1.82) is 0 Å². The van der Waals surface area contributed by atoms with Crippen molar-refractivity contribution in [1.82, 2.24) is 5.32 Å². The SMILES string of the molecule is C1CCC2CC(NC3CCSC3)CCC2C1. The lowest BCUT2D eigenvalue weighted by Gasteiger charge is -2.40. The minimum Gasteiger partial charge on any atom is -0.310 e. The first-order chi connectivity index (χ1) is 7.92. The number of hydrogen-bond donors (Lipinski definition) is 1. The zero-order valence-electron chi connectivity index (χ0n) is 10.3. The molecule has 1 N–H and O–H groups in total. The second-order valence-electron chi connectivity index (χ2n) is 6.04. The molecular formula is C14H25NS. The highest BCUT2D eigenvalue weighted by molar-refractivity contribution is 7.99. The van der Waals surface area contributed by atoms with Crippen LogP contribution in [0.1, 0.15) is 51.4 Å². The van der Waals surface area contributed by atoms with Crippen molar-refractivity contribution >= 4 is 11.8 Å². The molecule has 2 saturated carbocycles. The summed E-state index contributed by atoms with van der Waals surface area (Å²) in [5.41, 5.74) is 0. The molecule has 1 nitrogen and oxygen atoms in total. The van der Waals surface area contributed by atoms with Crippen LogP contribution in [0.2, 0.25) is 0 Å². The van der Waals surface area contributed by atoms with Gasteiger partial charge >= 0.3 is 0 Å². The maximum Gasteiger partial charge on any atom is 0.0168 e. The minimum absolute atomic E-state index is 0.843. The van der Waals surface area contributed by atoms with Gasteiger partial charge in [-0.1, -0.05) is 25.7 Å². The van der Waals surface area contributed by atoms with Crippen molar-refractivity contribution in [3.05, 3.63) is 0 Å². The average molecular weight is 239 g/mol. The van der Waals surface area contributed by atoms with Gasteiger partial charge in [0.25, 0.3) is 0 Å². The number of thioether (sulfide) groups is 1. The summed E-state index contributed by atoms with van der Waals surface area (Å²) >= 11 is 2.13. The second-order valence-corrected chi connectivity index (χ2v) is 7.19. The highest BCUT2D eigenvalue weighted by Crippen LogP contribution is 2.40. The van der Waals surface area contributed by atoms with E-state index in [0.717, 1.165) is 23.9 Å². The van der Waals surface area contributed by atoms with Gasteiger partial charge in [0.1, 0.15) is 0 Å². The largest absolute Gasteiger partial charge is 0.310 e. The lowest BCUT2D eigenvalue weighted by Crippen LogP contribution is -2.43. The molecule has 2 heteroatoms. The first kappa shape index (κ1) is 11.4. The first-order valence-electron chi connectivity index (χ1n) is 7.25. The zero-order chi connectivity index (χ0) is 10.8. The molecule has 3 rings (SSSR count). The van der Waals surface area contributed by atoms with E-state index >= 15 is 0 Å². The molecule has 2 aliphatic carbocycles. The Hall–Kier alpha value is 0.310. The molecule has 0 amide bonds. The van der Waals surface area contributed by atoms with E-state index in [1.807, 2.05) is 0 Å². The molecule has 3 aliphatic rings. The van der Waals surface area contributed by atoms with Gasteiger partial charge in [-0.2, -0.15) is 11.8 Å². The fourth-order valence-electron chi connectivity index (χ4n) is 4.02. The predicted molar refractivity (Wildman–Crippen MR) is 72.0 cm³/mol. The van der Waals surface area contributed by atoms with E-state index in [2.05, 4.69) is 17.1 Å². The van der Waals surface area contributed by atoms with Crippen molar-refractivity contribution in [2.45, 2.75) is 63.5 Å². The molecule has 1 saturated heterocycles. The Kier molecular flexibility index (Phi) is 3.78. The van der Waals surface area contributed by atoms with Crippen LogP contribution in [0, 0.1) is 11.8 Å². The summed E-state index contributed by atoms with van der Waals surface area (Å²) in [5.74, 6) is 4.93. The smallest absolute Gasteiger partial charge is 0.0168 e. The lowest BCUT2D eigenvalue weighted by molar-refractivity contribution is 0.140. The normalized spacial score (nSPS) is 44.2. The van der Waals surface area contributed by atoms with Crippen LogP contribution in [0.15, 0.2) is 0 Å². The van der Waals surface area contributed by atoms with Crippen molar-refractivity contribution in [2.75, 3.05) is 11.5 Å². The summed E-state index contributed by atoms with van der Waals surface area (Å²) in [7, 11) is 0. The topological polar surface area (TPSA) is 12.0 Å². The molecular weight excluding hydrogens is 214 g/mol. The van der Waals surface area contributed by atoms with Gasteiger partial charge in [-0.15, -0.1) is 0 Å². The third-order valence-electron chi connectivity index (χ3n) is 4.94. The van der Waals surface area contributed by atoms with Crippen molar-refractivity contribution < 1.29 is 0 Å². The maximum atomic E-state index is 3.93. The number of hydrogen-bond acceptors (Lipinski definition) is 2. The molecule has 0 aromatic rings. The van der Waals surface area contributed by atoms with Crippen molar-refractivity contribution in [2.24, 2.45) is 11.8 Å². The standard InChI is InChI=1S/C14H25NS/c1-2-4-12-9-13(6-5-11(12)3-1)15-14-7-8-16-10-14/h11-15H,1-10H2. The lowest BCUT2D eigenvalue weighted by atomic mass is 9.69. The minimum atomic E-state index is 0.843. The van der Waals surface area contributed by atoms with Gasteiger partial charge < -0.3 is 5.32 Å². The molecule has 4 atom stereocenters. The molecule has 0 radical (unpaired) electrons. The van der Waals surface area contributed by atoms with Crippen molar-refractivity contribution in [3.63, 3.8) is 0 Å². The number of rotatable bonds is 2. The number of fused-ring (bicyclic) bond motifs is 1. The Morgan fingerprint density at radius 3 is 2.50 bits per heavy atom. The van der Waals surface area contributed by atoms with E-state index in [-0.39, 0.29) is 0 Å². The molecule has 1 aliphatic heterocycles. The summed E-state index contributed by atoms with van der Waals surface area (Å²) in [6, 6.07) is 1.71. The molecule has 1 heterocycles. The Morgan fingerprint density at radius 1 is 0.812 bits per heavy atom. The van der Waals surface area contributed by atoms with E-state index in [1.54, 1.807) is 0 Å². The average Bonchev–Trinajstić information content (AvgIpc) is 2.82. The van der Waals surface area contributed by atoms with Crippen LogP contribution >= 0.6 is 11.8 Å². The Balaban J connectivity index is 1.50. The summed E-state index contributed by atoms with van der Waals surface area (Å²) < 4.78 is 0. The molecule has 0 aromatic carbocycles. The number of nitrogens with one attached hydrogen (secondary N) is 1. The predicted octanol–water partition coefficient (Wildman–Crippen LogP) is 3.44. The molecule has 92 valence electrons. The van der Waals surface area contributed by atoms with Crippen LogP contribution in [-0.2, 0) is 0 Å². The maximum absolute atomic E-state index is 3.93. The molecule has 3 fully saturated rings. The molecule has 4 unspecified atom stereocenters. The van der Waals surface area contributed by atoms with Crippen LogP contribution in [0.5, 0.6) is 0 Å². The Labute approximate surface area is 104 Å². The van der Waals surface area contributed by atoms with Gasteiger partial charge in [0.15, 0.2) is 0 Å². The fraction of sp³-hybridized carbons (Fsp3) is 1.00. The van der Waals surface area contributed by atoms with E-state index in [1.165, 1.54) is 62.9 Å². The molecule has 16 heavy (non-hydrogen) atoms. The van der Waals surface area contributed by atoms with Crippen LogP contribution in [0.25, 0.3) is 0 Å². The zero-order valence-corrected chi connectivity index (χ0v) is 11.1. The van der Waals surface area contributed by atoms with Gasteiger partial charge in [-0.3, -0.25) is 0 Å². The summed E-state index contributed by atoms with van der Waals surface area (Å²) in [6.45, 7) is 0. The van der Waals surface area contributed by atoms with E-state index in [9.17, 15) is 0 Å². The summed E-state index contributed by atoms with van der Waals surface area (Å²) in [5, 5.41) is 3.93.